The van der Waals surface area contributed by atoms with Crippen molar-refractivity contribution in [1.29, 1.82) is 0 Å². The number of benzene rings is 2. The summed E-state index contributed by atoms with van der Waals surface area (Å²) in [6.45, 7) is 11.5. The van der Waals surface area contributed by atoms with Gasteiger partial charge in [-0.25, -0.2) is 0 Å². The van der Waals surface area contributed by atoms with E-state index in [0.717, 1.165) is 5.56 Å². The molecule has 0 saturated carbocycles. The lowest BCUT2D eigenvalue weighted by molar-refractivity contribution is 0.0840. The van der Waals surface area contributed by atoms with Crippen molar-refractivity contribution >= 4 is 11.9 Å². The van der Waals surface area contributed by atoms with Crippen molar-refractivity contribution in [1.82, 2.24) is 0 Å². The normalized spacial score (nSPS) is 18.6. The van der Waals surface area contributed by atoms with Gasteiger partial charge in [-0.1, -0.05) is 36.9 Å². The van der Waals surface area contributed by atoms with Gasteiger partial charge in [0.25, 0.3) is 0 Å². The van der Waals surface area contributed by atoms with Crippen LogP contribution in [0, 0.1) is 0 Å². The maximum Gasteiger partial charge on any atom is 0.174 e. The van der Waals surface area contributed by atoms with Crippen LogP contribution in [0.1, 0.15) is 53.4 Å². The lowest BCUT2D eigenvalue weighted by Crippen LogP contribution is -2.30. The number of phenolic OH excluding ortho intramolecular Hbond substituents is 2. The third-order valence-corrected chi connectivity index (χ3v) is 5.40. The van der Waals surface area contributed by atoms with E-state index in [1.54, 1.807) is 30.3 Å². The third-order valence-electron chi connectivity index (χ3n) is 5.40. The third kappa shape index (κ3) is 3.36. The highest BCUT2D eigenvalue weighted by Crippen LogP contribution is 2.51. The molecular formula is C25H24O5. The molecule has 2 aromatic rings. The molecule has 2 aromatic carbocycles. The van der Waals surface area contributed by atoms with Crippen molar-refractivity contribution in [2.45, 2.75) is 38.4 Å². The number of ketones is 1. The van der Waals surface area contributed by atoms with E-state index in [4.69, 9.17) is 9.47 Å². The fourth-order valence-electron chi connectivity index (χ4n) is 3.79. The van der Waals surface area contributed by atoms with Crippen LogP contribution in [0.4, 0.5) is 0 Å². The zero-order valence-corrected chi connectivity index (χ0v) is 17.1. The Labute approximate surface area is 175 Å². The number of aromatic hydroxyl groups is 2. The minimum absolute atomic E-state index is 0.0853. The van der Waals surface area contributed by atoms with E-state index < -0.39 is 11.7 Å². The number of hydrogen-bond acceptors (Lipinski definition) is 5. The summed E-state index contributed by atoms with van der Waals surface area (Å²) in [6.07, 6.45) is 5.27. The molecule has 2 heterocycles. The first-order chi connectivity index (χ1) is 14.2. The predicted molar refractivity (Wildman–Crippen MR) is 115 cm³/mol. The summed E-state index contributed by atoms with van der Waals surface area (Å²) < 4.78 is 12.4. The van der Waals surface area contributed by atoms with Crippen molar-refractivity contribution < 1.29 is 24.5 Å². The highest BCUT2D eigenvalue weighted by molar-refractivity contribution is 6.05. The minimum Gasteiger partial charge on any atom is -0.508 e. The van der Waals surface area contributed by atoms with E-state index in [0.29, 0.717) is 34.6 Å². The Morgan fingerprint density at radius 2 is 1.93 bits per heavy atom. The largest absolute Gasteiger partial charge is 0.508 e. The second kappa shape index (κ2) is 7.10. The van der Waals surface area contributed by atoms with Gasteiger partial charge in [0.1, 0.15) is 40.3 Å². The first kappa shape index (κ1) is 19.8. The van der Waals surface area contributed by atoms with Gasteiger partial charge >= 0.3 is 0 Å². The topological polar surface area (TPSA) is 76.0 Å². The van der Waals surface area contributed by atoms with Crippen LogP contribution >= 0.6 is 0 Å². The quantitative estimate of drug-likeness (QED) is 0.679. The van der Waals surface area contributed by atoms with Gasteiger partial charge in [0.15, 0.2) is 5.78 Å². The molecule has 154 valence electrons. The molecule has 0 fully saturated rings. The van der Waals surface area contributed by atoms with Gasteiger partial charge in [0, 0.05) is 12.0 Å². The summed E-state index contributed by atoms with van der Waals surface area (Å²) in [5.41, 5.74) is 2.20. The Hall–Kier alpha value is -3.47. The van der Waals surface area contributed by atoms with E-state index in [9.17, 15) is 15.0 Å². The fraction of sp³-hybridized carbons (Fsp3) is 0.240. The number of phenols is 2. The van der Waals surface area contributed by atoms with Crippen LogP contribution in [0.5, 0.6) is 23.0 Å². The molecule has 2 aliphatic heterocycles. The second-order valence-corrected chi connectivity index (χ2v) is 8.18. The van der Waals surface area contributed by atoms with Crippen molar-refractivity contribution in [3.05, 3.63) is 77.4 Å². The van der Waals surface area contributed by atoms with Crippen LogP contribution in [0.2, 0.25) is 0 Å². The van der Waals surface area contributed by atoms with Gasteiger partial charge in [-0.05, 0) is 43.7 Å². The van der Waals surface area contributed by atoms with Gasteiger partial charge in [-0.2, -0.15) is 0 Å². The van der Waals surface area contributed by atoms with Crippen LogP contribution < -0.4 is 9.47 Å². The number of carbonyl (C=O) groups is 1. The van der Waals surface area contributed by atoms with E-state index >= 15 is 0 Å². The average Bonchev–Trinajstić information content (AvgIpc) is 2.70. The van der Waals surface area contributed by atoms with E-state index in [1.165, 1.54) is 0 Å². The predicted octanol–water partition coefficient (Wildman–Crippen LogP) is 5.27. The van der Waals surface area contributed by atoms with E-state index in [2.05, 4.69) is 13.2 Å². The number of fused-ring (bicyclic) bond motifs is 3. The molecule has 1 atom stereocenters. The summed E-state index contributed by atoms with van der Waals surface area (Å²) in [4.78, 5) is 13.1. The Morgan fingerprint density at radius 3 is 2.60 bits per heavy atom. The van der Waals surface area contributed by atoms with Crippen LogP contribution in [-0.4, -0.2) is 21.6 Å². The molecule has 5 nitrogen and oxygen atoms in total. The Balaban J connectivity index is 1.88. The molecule has 0 aromatic heterocycles. The SMILES string of the molecule is C=CC(=C)Cc1c(O)c2c(c3c1OC(C)(C)C=C3)OC(c1ccc(O)cc1)CC2=O. The van der Waals surface area contributed by atoms with Crippen molar-refractivity contribution in [2.75, 3.05) is 0 Å². The molecule has 0 radical (unpaired) electrons. The second-order valence-electron chi connectivity index (χ2n) is 8.18. The highest BCUT2D eigenvalue weighted by atomic mass is 16.5. The number of ether oxygens (including phenoxy) is 2. The Kier molecular flexibility index (Phi) is 4.69. The molecule has 0 spiro atoms. The monoisotopic (exact) mass is 404 g/mol. The molecule has 30 heavy (non-hydrogen) atoms. The first-order valence-electron chi connectivity index (χ1n) is 9.79. The van der Waals surface area contributed by atoms with Gasteiger partial charge in [0.2, 0.25) is 0 Å². The van der Waals surface area contributed by atoms with Gasteiger partial charge in [-0.15, -0.1) is 0 Å². The molecule has 0 amide bonds. The van der Waals surface area contributed by atoms with E-state index in [-0.39, 0.29) is 29.3 Å². The molecule has 0 saturated heterocycles. The fourth-order valence-corrected chi connectivity index (χ4v) is 3.79. The molecular weight excluding hydrogens is 380 g/mol. The zero-order valence-electron chi connectivity index (χ0n) is 17.1. The smallest absolute Gasteiger partial charge is 0.174 e. The number of hydrogen-bond donors (Lipinski definition) is 2. The number of carbonyl (C=O) groups excluding carboxylic acids is 1. The Morgan fingerprint density at radius 1 is 1.23 bits per heavy atom. The lowest BCUT2D eigenvalue weighted by atomic mass is 9.87. The molecule has 2 N–H and O–H groups in total. The van der Waals surface area contributed by atoms with Crippen LogP contribution in [0.15, 0.2) is 55.1 Å². The summed E-state index contributed by atoms with van der Waals surface area (Å²) in [5.74, 6) is 0.602. The van der Waals surface area contributed by atoms with Crippen LogP contribution in [0.3, 0.4) is 0 Å². The van der Waals surface area contributed by atoms with Crippen molar-refractivity contribution in [3.8, 4) is 23.0 Å². The Bertz CT molecular complexity index is 1090. The lowest BCUT2D eigenvalue weighted by Gasteiger charge is -2.34. The number of allylic oxidation sites excluding steroid dienone is 2. The van der Waals surface area contributed by atoms with Gasteiger partial charge in [-0.3, -0.25) is 4.79 Å². The maximum absolute atomic E-state index is 13.1. The number of Topliss-reactive ketones (excluding diaryl/α,β-unsaturated/α-hetero) is 1. The molecule has 2 aliphatic rings. The van der Waals surface area contributed by atoms with Gasteiger partial charge in [0.05, 0.1) is 12.0 Å². The molecule has 0 aliphatic carbocycles. The molecule has 0 bridgehead atoms. The summed E-state index contributed by atoms with van der Waals surface area (Å²) in [6, 6.07) is 6.56. The summed E-state index contributed by atoms with van der Waals surface area (Å²) >= 11 is 0. The zero-order chi connectivity index (χ0) is 21.6. The summed E-state index contributed by atoms with van der Waals surface area (Å²) in [7, 11) is 0. The summed E-state index contributed by atoms with van der Waals surface area (Å²) in [5, 5.41) is 20.6. The minimum atomic E-state index is -0.576. The van der Waals surface area contributed by atoms with Crippen molar-refractivity contribution in [2.24, 2.45) is 0 Å². The van der Waals surface area contributed by atoms with Crippen molar-refractivity contribution in [3.63, 3.8) is 0 Å². The van der Waals surface area contributed by atoms with Crippen LogP contribution in [0.25, 0.3) is 6.08 Å². The van der Waals surface area contributed by atoms with E-state index in [1.807, 2.05) is 26.0 Å². The maximum atomic E-state index is 13.1. The van der Waals surface area contributed by atoms with Gasteiger partial charge < -0.3 is 19.7 Å². The highest BCUT2D eigenvalue weighted by Gasteiger charge is 2.38. The standard InChI is InChI=1S/C25H24O5/c1-5-14(2)12-18-22(28)21-19(27)13-20(15-6-8-16(26)9-7-15)29-24(21)17-10-11-25(3,4)30-23(17)18/h5-11,20,26,28H,1-2,12-13H2,3-4H3. The molecule has 4 rings (SSSR count). The number of rotatable bonds is 4. The average molecular weight is 404 g/mol. The molecule has 5 heteroatoms. The molecule has 1 unspecified atom stereocenters. The van der Waals surface area contributed by atoms with Crippen LogP contribution in [-0.2, 0) is 6.42 Å². The first-order valence-corrected chi connectivity index (χ1v) is 9.79.